The number of amides is 1. The molecule has 0 saturated carbocycles. The molecule has 0 unspecified atom stereocenters. The maximum Gasteiger partial charge on any atom is 0.225 e. The number of carbonyl (C=O) groups is 1. The van der Waals surface area contributed by atoms with Crippen LogP contribution in [0, 0.1) is 0 Å². The van der Waals surface area contributed by atoms with E-state index < -0.39 is 6.10 Å². The van der Waals surface area contributed by atoms with Crippen LogP contribution in [-0.4, -0.2) is 63.6 Å². The second-order valence-electron chi connectivity index (χ2n) is 5.36. The van der Waals surface area contributed by atoms with Crippen LogP contribution in [0.1, 0.15) is 24.8 Å². The summed E-state index contributed by atoms with van der Waals surface area (Å²) in [5, 5.41) is 10.1. The summed E-state index contributed by atoms with van der Waals surface area (Å²) in [4.78, 5) is 20.2. The number of hydrogen-bond donors (Lipinski definition) is 1. The van der Waals surface area contributed by atoms with Crippen LogP contribution < -0.4 is 0 Å². The molecule has 6 heteroatoms. The van der Waals surface area contributed by atoms with Gasteiger partial charge in [-0.3, -0.25) is 4.79 Å². The lowest BCUT2D eigenvalue weighted by Gasteiger charge is -2.21. The summed E-state index contributed by atoms with van der Waals surface area (Å²) >= 11 is 0. The molecule has 0 aliphatic carbocycles. The minimum absolute atomic E-state index is 0.000139. The highest BCUT2D eigenvalue weighted by atomic mass is 16.3. The van der Waals surface area contributed by atoms with Gasteiger partial charge in [0.15, 0.2) is 0 Å². The zero-order valence-electron chi connectivity index (χ0n) is 11.8. The highest BCUT2D eigenvalue weighted by Crippen LogP contribution is 2.19. The normalized spacial score (nSPS) is 21.1. The second-order valence-corrected chi connectivity index (χ2v) is 5.36. The predicted molar refractivity (Wildman–Crippen MR) is 71.5 cm³/mol. The van der Waals surface area contributed by atoms with Crippen molar-refractivity contribution in [2.24, 2.45) is 7.05 Å². The average molecular weight is 266 g/mol. The number of rotatable bonds is 4. The van der Waals surface area contributed by atoms with E-state index in [1.807, 2.05) is 26.0 Å². The zero-order chi connectivity index (χ0) is 14.0. The molecule has 1 saturated heterocycles. The van der Waals surface area contributed by atoms with E-state index >= 15 is 0 Å². The number of carbonyl (C=O) groups excluding carboxylic acids is 1. The summed E-state index contributed by atoms with van der Waals surface area (Å²) in [6.45, 7) is 1.52. The Morgan fingerprint density at radius 1 is 1.63 bits per heavy atom. The number of aryl methyl sites for hydroxylation is 1. The third kappa shape index (κ3) is 3.13. The lowest BCUT2D eigenvalue weighted by Crippen LogP contribution is -2.35. The summed E-state index contributed by atoms with van der Waals surface area (Å²) in [5.74, 6) is 0.538. The Morgan fingerprint density at radius 2 is 2.37 bits per heavy atom. The minimum Gasteiger partial charge on any atom is -0.385 e. The van der Waals surface area contributed by atoms with Crippen LogP contribution >= 0.6 is 0 Å². The molecule has 1 fully saturated rings. The van der Waals surface area contributed by atoms with Crippen LogP contribution in [0.25, 0.3) is 0 Å². The minimum atomic E-state index is -0.828. The van der Waals surface area contributed by atoms with Crippen LogP contribution in [0.4, 0.5) is 0 Å². The zero-order valence-corrected chi connectivity index (χ0v) is 11.8. The highest BCUT2D eigenvalue weighted by Gasteiger charge is 2.29. The van der Waals surface area contributed by atoms with Crippen LogP contribution in [0.5, 0.6) is 0 Å². The van der Waals surface area contributed by atoms with Gasteiger partial charge in [0.05, 0.1) is 6.42 Å². The number of aliphatic hydroxyl groups is 1. The van der Waals surface area contributed by atoms with Gasteiger partial charge in [-0.15, -0.1) is 0 Å². The molecular weight excluding hydrogens is 244 g/mol. The second kappa shape index (κ2) is 5.71. The van der Waals surface area contributed by atoms with E-state index in [2.05, 4.69) is 9.88 Å². The molecule has 1 aromatic heterocycles. The van der Waals surface area contributed by atoms with Gasteiger partial charge in [-0.1, -0.05) is 0 Å². The Hall–Kier alpha value is -1.40. The van der Waals surface area contributed by atoms with Crippen molar-refractivity contribution in [2.75, 3.05) is 27.2 Å². The van der Waals surface area contributed by atoms with Crippen molar-refractivity contribution >= 4 is 5.91 Å². The number of aliphatic hydroxyl groups excluding tert-OH is 1. The first kappa shape index (κ1) is 14.0. The molecule has 19 heavy (non-hydrogen) atoms. The van der Waals surface area contributed by atoms with E-state index in [0.717, 1.165) is 19.5 Å². The molecule has 1 amide bonds. The van der Waals surface area contributed by atoms with Crippen LogP contribution in [-0.2, 0) is 11.8 Å². The molecule has 2 atom stereocenters. The first-order chi connectivity index (χ1) is 8.99. The van der Waals surface area contributed by atoms with Gasteiger partial charge in [0.1, 0.15) is 11.9 Å². The van der Waals surface area contributed by atoms with Crippen molar-refractivity contribution in [1.29, 1.82) is 0 Å². The summed E-state index contributed by atoms with van der Waals surface area (Å²) in [7, 11) is 5.87. The van der Waals surface area contributed by atoms with Crippen molar-refractivity contribution in [3.63, 3.8) is 0 Å². The Balaban J connectivity index is 1.90. The first-order valence-corrected chi connectivity index (χ1v) is 6.58. The SMILES string of the molecule is CN(C)[C@H]1CCN(C(=O)C[C@H](O)c2nccn2C)C1. The highest BCUT2D eigenvalue weighted by molar-refractivity contribution is 5.77. The molecule has 1 aliphatic heterocycles. The third-order valence-electron chi connectivity index (χ3n) is 3.77. The van der Waals surface area contributed by atoms with E-state index in [1.165, 1.54) is 0 Å². The Bertz CT molecular complexity index is 444. The maximum absolute atomic E-state index is 12.1. The van der Waals surface area contributed by atoms with E-state index in [-0.39, 0.29) is 12.3 Å². The van der Waals surface area contributed by atoms with E-state index in [0.29, 0.717) is 11.9 Å². The molecule has 106 valence electrons. The molecule has 2 heterocycles. The fraction of sp³-hybridized carbons (Fsp3) is 0.692. The lowest BCUT2D eigenvalue weighted by atomic mass is 10.2. The third-order valence-corrected chi connectivity index (χ3v) is 3.77. The summed E-state index contributed by atoms with van der Waals surface area (Å²) in [6.07, 6.45) is 3.66. The average Bonchev–Trinajstić information content (AvgIpc) is 2.96. The Labute approximate surface area is 113 Å². The van der Waals surface area contributed by atoms with Gasteiger partial charge in [-0.2, -0.15) is 0 Å². The monoisotopic (exact) mass is 266 g/mol. The van der Waals surface area contributed by atoms with Gasteiger partial charge in [0.25, 0.3) is 0 Å². The molecule has 0 radical (unpaired) electrons. The summed E-state index contributed by atoms with van der Waals surface area (Å²) in [6, 6.07) is 0.425. The maximum atomic E-state index is 12.1. The number of aromatic nitrogens is 2. The number of likely N-dealkylation sites (tertiary alicyclic amines) is 1. The van der Waals surface area contributed by atoms with Crippen LogP contribution in [0.2, 0.25) is 0 Å². The Kier molecular flexibility index (Phi) is 4.21. The van der Waals surface area contributed by atoms with Crippen molar-refractivity contribution in [3.05, 3.63) is 18.2 Å². The van der Waals surface area contributed by atoms with Crippen molar-refractivity contribution < 1.29 is 9.90 Å². The smallest absolute Gasteiger partial charge is 0.225 e. The number of nitrogens with zero attached hydrogens (tertiary/aromatic N) is 4. The largest absolute Gasteiger partial charge is 0.385 e. The fourth-order valence-electron chi connectivity index (χ4n) is 2.47. The number of likely N-dealkylation sites (N-methyl/N-ethyl adjacent to an activating group) is 1. The molecule has 1 N–H and O–H groups in total. The molecule has 1 aromatic rings. The molecule has 6 nitrogen and oxygen atoms in total. The van der Waals surface area contributed by atoms with Gasteiger partial charge in [0.2, 0.25) is 5.91 Å². The van der Waals surface area contributed by atoms with Gasteiger partial charge < -0.3 is 19.5 Å². The van der Waals surface area contributed by atoms with Crippen LogP contribution in [0.15, 0.2) is 12.4 Å². The fourth-order valence-corrected chi connectivity index (χ4v) is 2.47. The number of hydrogen-bond acceptors (Lipinski definition) is 4. The van der Waals surface area contributed by atoms with Gasteiger partial charge >= 0.3 is 0 Å². The van der Waals surface area contributed by atoms with E-state index in [1.54, 1.807) is 17.0 Å². The molecule has 0 spiro atoms. The topological polar surface area (TPSA) is 61.6 Å². The summed E-state index contributed by atoms with van der Waals surface area (Å²) in [5.41, 5.74) is 0. The summed E-state index contributed by atoms with van der Waals surface area (Å²) < 4.78 is 1.74. The van der Waals surface area contributed by atoms with E-state index in [9.17, 15) is 9.90 Å². The van der Waals surface area contributed by atoms with Gasteiger partial charge in [0, 0.05) is 38.6 Å². The lowest BCUT2D eigenvalue weighted by molar-refractivity contribution is -0.132. The molecule has 2 rings (SSSR count). The van der Waals surface area contributed by atoms with Crippen LogP contribution in [0.3, 0.4) is 0 Å². The van der Waals surface area contributed by atoms with Gasteiger partial charge in [-0.05, 0) is 20.5 Å². The van der Waals surface area contributed by atoms with Crippen molar-refractivity contribution in [1.82, 2.24) is 19.4 Å². The quantitative estimate of drug-likeness (QED) is 0.833. The van der Waals surface area contributed by atoms with E-state index in [4.69, 9.17) is 0 Å². The Morgan fingerprint density at radius 3 is 2.89 bits per heavy atom. The van der Waals surface area contributed by atoms with Crippen molar-refractivity contribution in [2.45, 2.75) is 25.0 Å². The molecule has 0 bridgehead atoms. The molecule has 0 aromatic carbocycles. The first-order valence-electron chi connectivity index (χ1n) is 6.58. The van der Waals surface area contributed by atoms with Gasteiger partial charge in [-0.25, -0.2) is 4.98 Å². The van der Waals surface area contributed by atoms with Crippen molar-refractivity contribution in [3.8, 4) is 0 Å². The molecule has 1 aliphatic rings. The standard InChI is InChI=1S/C13H22N4O2/c1-15(2)10-4-6-17(9-10)12(19)8-11(18)13-14-5-7-16(13)3/h5,7,10-11,18H,4,6,8-9H2,1-3H3/t10-,11-/m0/s1. The number of imidazole rings is 1. The molecular formula is C13H22N4O2. The predicted octanol–water partition coefficient (Wildman–Crippen LogP) is 0.00610.